The van der Waals surface area contributed by atoms with Crippen molar-refractivity contribution in [2.75, 3.05) is 0 Å². The molecule has 90 valence electrons. The van der Waals surface area contributed by atoms with Crippen molar-refractivity contribution in [3.05, 3.63) is 0 Å². The molecule has 5 heteroatoms. The molecule has 1 aliphatic carbocycles. The molecule has 1 aliphatic heterocycles. The van der Waals surface area contributed by atoms with E-state index in [2.05, 4.69) is 29.2 Å². The number of rotatable bonds is 1. The van der Waals surface area contributed by atoms with Gasteiger partial charge in [0.25, 0.3) is 0 Å². The molecule has 0 radical (unpaired) electrons. The largest absolute Gasteiger partial charge is 0.350 e. The molecule has 0 aromatic rings. The number of hydrazone groups is 1. The first-order valence-electron chi connectivity index (χ1n) is 5.94. The Morgan fingerprint density at radius 3 is 3.00 bits per heavy atom. The summed E-state index contributed by atoms with van der Waals surface area (Å²) in [7, 11) is 0. The lowest BCUT2D eigenvalue weighted by molar-refractivity contribution is 0.249. The average molecular weight is 241 g/mol. The van der Waals surface area contributed by atoms with Crippen molar-refractivity contribution < 1.29 is 4.79 Å². The summed E-state index contributed by atoms with van der Waals surface area (Å²) < 4.78 is 0. The molecule has 2 fully saturated rings. The zero-order chi connectivity index (χ0) is 11.5. The van der Waals surface area contributed by atoms with E-state index in [-0.39, 0.29) is 0 Å². The Hall–Kier alpha value is -0.710. The van der Waals surface area contributed by atoms with Gasteiger partial charge < -0.3 is 5.73 Å². The van der Waals surface area contributed by atoms with Gasteiger partial charge in [0.1, 0.15) is 0 Å². The predicted octanol–water partition coefficient (Wildman–Crippen LogP) is 2.09. The summed E-state index contributed by atoms with van der Waals surface area (Å²) in [6, 6.07) is -0.564. The van der Waals surface area contributed by atoms with Gasteiger partial charge in [-0.3, -0.25) is 0 Å². The number of amides is 2. The molecular formula is C11H19N3OS. The number of urea groups is 1. The van der Waals surface area contributed by atoms with E-state index >= 15 is 0 Å². The van der Waals surface area contributed by atoms with Crippen LogP contribution >= 0.6 is 11.8 Å². The van der Waals surface area contributed by atoms with E-state index in [0.29, 0.717) is 16.4 Å². The van der Waals surface area contributed by atoms with E-state index in [1.54, 1.807) is 0 Å². The summed E-state index contributed by atoms with van der Waals surface area (Å²) in [5.74, 6) is 0.557. The lowest BCUT2D eigenvalue weighted by atomic mass is 9.83. The van der Waals surface area contributed by atoms with Gasteiger partial charge >= 0.3 is 6.03 Å². The molecule has 2 rings (SSSR count). The van der Waals surface area contributed by atoms with Gasteiger partial charge in [-0.05, 0) is 19.3 Å². The molecule has 2 aliphatic rings. The SMILES string of the molecule is CC1CC(=NNC(N)=O)C2CCCCC2S1. The minimum absolute atomic E-state index is 0.557. The summed E-state index contributed by atoms with van der Waals surface area (Å²) in [5, 5.41) is 5.50. The quantitative estimate of drug-likeness (QED) is 0.690. The maximum Gasteiger partial charge on any atom is 0.332 e. The van der Waals surface area contributed by atoms with Crippen LogP contribution < -0.4 is 11.2 Å². The van der Waals surface area contributed by atoms with E-state index in [0.717, 1.165) is 12.1 Å². The number of primary amides is 1. The van der Waals surface area contributed by atoms with E-state index in [1.165, 1.54) is 25.7 Å². The molecule has 0 aromatic heterocycles. The highest BCUT2D eigenvalue weighted by molar-refractivity contribution is 8.00. The van der Waals surface area contributed by atoms with Gasteiger partial charge in [-0.15, -0.1) is 0 Å². The van der Waals surface area contributed by atoms with Crippen LogP contribution in [0.3, 0.4) is 0 Å². The third-order valence-electron chi connectivity index (χ3n) is 3.34. The fourth-order valence-electron chi connectivity index (χ4n) is 2.69. The summed E-state index contributed by atoms with van der Waals surface area (Å²) in [5.41, 5.74) is 8.58. The Bertz CT molecular complexity index is 306. The molecule has 2 amide bonds. The van der Waals surface area contributed by atoms with Crippen molar-refractivity contribution in [2.45, 2.75) is 49.5 Å². The average Bonchev–Trinajstić information content (AvgIpc) is 2.25. The molecule has 0 spiro atoms. The molecule has 3 atom stereocenters. The Morgan fingerprint density at radius 1 is 1.50 bits per heavy atom. The molecule has 1 saturated heterocycles. The second-order valence-electron chi connectivity index (χ2n) is 4.66. The van der Waals surface area contributed by atoms with E-state index in [1.807, 2.05) is 0 Å². The summed E-state index contributed by atoms with van der Waals surface area (Å²) in [4.78, 5) is 10.7. The van der Waals surface area contributed by atoms with Crippen LogP contribution in [0.25, 0.3) is 0 Å². The summed E-state index contributed by atoms with van der Waals surface area (Å²) >= 11 is 2.08. The number of fused-ring (bicyclic) bond motifs is 1. The molecular weight excluding hydrogens is 222 g/mol. The fraction of sp³-hybridized carbons (Fsp3) is 0.818. The Balaban J connectivity index is 2.08. The van der Waals surface area contributed by atoms with Crippen LogP contribution in [0, 0.1) is 5.92 Å². The van der Waals surface area contributed by atoms with Gasteiger partial charge in [-0.1, -0.05) is 19.8 Å². The smallest absolute Gasteiger partial charge is 0.332 e. The summed E-state index contributed by atoms with van der Waals surface area (Å²) in [6.45, 7) is 2.23. The second kappa shape index (κ2) is 5.08. The van der Waals surface area contributed by atoms with E-state index in [9.17, 15) is 4.79 Å². The Labute approximate surface area is 100 Å². The minimum Gasteiger partial charge on any atom is -0.350 e. The van der Waals surface area contributed by atoms with Crippen LogP contribution in [0.5, 0.6) is 0 Å². The Kier molecular flexibility index (Phi) is 3.74. The topological polar surface area (TPSA) is 67.5 Å². The highest BCUT2D eigenvalue weighted by Gasteiger charge is 2.35. The summed E-state index contributed by atoms with van der Waals surface area (Å²) in [6.07, 6.45) is 6.09. The van der Waals surface area contributed by atoms with Gasteiger partial charge in [-0.25, -0.2) is 10.2 Å². The van der Waals surface area contributed by atoms with Crippen LogP contribution in [0.15, 0.2) is 5.10 Å². The van der Waals surface area contributed by atoms with Gasteiger partial charge in [0, 0.05) is 22.1 Å². The van der Waals surface area contributed by atoms with Crippen molar-refractivity contribution in [3.63, 3.8) is 0 Å². The third kappa shape index (κ3) is 2.70. The lowest BCUT2D eigenvalue weighted by Gasteiger charge is -2.38. The van der Waals surface area contributed by atoms with Gasteiger partial charge in [0.2, 0.25) is 0 Å². The number of nitrogens with two attached hydrogens (primary N) is 1. The molecule has 16 heavy (non-hydrogen) atoms. The first-order valence-corrected chi connectivity index (χ1v) is 6.88. The number of carbonyl (C=O) groups is 1. The number of carbonyl (C=O) groups excluding carboxylic acids is 1. The predicted molar refractivity (Wildman–Crippen MR) is 67.6 cm³/mol. The van der Waals surface area contributed by atoms with Crippen molar-refractivity contribution in [2.24, 2.45) is 16.8 Å². The standard InChI is InChI=1S/C11H19N3OS/c1-7-6-9(13-14-11(12)15)8-4-2-3-5-10(8)16-7/h7-8,10H,2-6H2,1H3,(H3,12,14,15). The second-order valence-corrected chi connectivity index (χ2v) is 6.34. The zero-order valence-electron chi connectivity index (χ0n) is 9.61. The van der Waals surface area contributed by atoms with Crippen LogP contribution in [-0.2, 0) is 0 Å². The van der Waals surface area contributed by atoms with Crippen molar-refractivity contribution in [1.82, 2.24) is 5.43 Å². The Morgan fingerprint density at radius 2 is 2.25 bits per heavy atom. The van der Waals surface area contributed by atoms with Crippen molar-refractivity contribution in [1.29, 1.82) is 0 Å². The number of thioether (sulfide) groups is 1. The monoisotopic (exact) mass is 241 g/mol. The normalized spacial score (nSPS) is 36.8. The molecule has 1 heterocycles. The highest BCUT2D eigenvalue weighted by Crippen LogP contribution is 2.42. The zero-order valence-corrected chi connectivity index (χ0v) is 10.4. The first-order chi connectivity index (χ1) is 7.66. The maximum absolute atomic E-state index is 10.7. The molecule has 0 bridgehead atoms. The fourth-order valence-corrected chi connectivity index (χ4v) is 4.34. The number of nitrogens with one attached hydrogen (secondary N) is 1. The number of hydrogen-bond donors (Lipinski definition) is 2. The first kappa shape index (κ1) is 11.8. The number of hydrogen-bond acceptors (Lipinski definition) is 3. The number of nitrogens with zero attached hydrogens (tertiary/aromatic N) is 1. The van der Waals surface area contributed by atoms with Crippen LogP contribution in [-0.4, -0.2) is 22.2 Å². The maximum atomic E-state index is 10.7. The van der Waals surface area contributed by atoms with Gasteiger partial charge in [0.05, 0.1) is 0 Å². The lowest BCUT2D eigenvalue weighted by Crippen LogP contribution is -2.38. The van der Waals surface area contributed by atoms with E-state index < -0.39 is 6.03 Å². The van der Waals surface area contributed by atoms with Crippen LogP contribution in [0.4, 0.5) is 4.79 Å². The molecule has 1 saturated carbocycles. The van der Waals surface area contributed by atoms with E-state index in [4.69, 9.17) is 5.73 Å². The minimum atomic E-state index is -0.564. The highest BCUT2D eigenvalue weighted by atomic mass is 32.2. The molecule has 3 N–H and O–H groups in total. The van der Waals surface area contributed by atoms with Gasteiger partial charge in [0.15, 0.2) is 0 Å². The van der Waals surface area contributed by atoms with Crippen LogP contribution in [0.1, 0.15) is 39.0 Å². The third-order valence-corrected chi connectivity index (χ3v) is 4.89. The van der Waals surface area contributed by atoms with Crippen LogP contribution in [0.2, 0.25) is 0 Å². The molecule has 4 nitrogen and oxygen atoms in total. The van der Waals surface area contributed by atoms with Crippen molar-refractivity contribution in [3.8, 4) is 0 Å². The van der Waals surface area contributed by atoms with Gasteiger partial charge in [-0.2, -0.15) is 16.9 Å². The molecule has 0 aromatic carbocycles. The molecule has 3 unspecified atom stereocenters. The van der Waals surface area contributed by atoms with Crippen molar-refractivity contribution >= 4 is 23.5 Å².